The van der Waals surface area contributed by atoms with Gasteiger partial charge in [-0.15, -0.1) is 0 Å². The van der Waals surface area contributed by atoms with E-state index in [-0.39, 0.29) is 27.0 Å². The number of rotatable bonds is 2. The lowest BCUT2D eigenvalue weighted by Crippen LogP contribution is -2.08. The molecule has 3 rings (SSSR count). The Labute approximate surface area is 145 Å². The van der Waals surface area contributed by atoms with Crippen molar-refractivity contribution in [3.8, 4) is 16.8 Å². The molecule has 0 aliphatic rings. The SMILES string of the molecule is Nc1c(-c2ccc(Cl)c(Cl)c2)c(C(F)(F)F)nn1-c1ccccc1. The Morgan fingerprint density at radius 2 is 1.62 bits per heavy atom. The standard InChI is InChI=1S/C16H10Cl2F3N3/c17-11-7-6-9(8-12(11)18)13-14(16(19,20)21)23-24(15(13)22)10-4-2-1-3-5-10/h1-8H,22H2. The molecular weight excluding hydrogens is 362 g/mol. The van der Waals surface area contributed by atoms with Gasteiger partial charge in [-0.3, -0.25) is 0 Å². The fourth-order valence-electron chi connectivity index (χ4n) is 2.33. The maximum atomic E-state index is 13.4. The van der Waals surface area contributed by atoms with E-state index < -0.39 is 11.9 Å². The highest BCUT2D eigenvalue weighted by Crippen LogP contribution is 2.41. The minimum absolute atomic E-state index is 0.132. The zero-order valence-electron chi connectivity index (χ0n) is 12.0. The molecule has 24 heavy (non-hydrogen) atoms. The van der Waals surface area contributed by atoms with Crippen molar-refractivity contribution >= 4 is 29.0 Å². The summed E-state index contributed by atoms with van der Waals surface area (Å²) in [7, 11) is 0. The molecule has 0 atom stereocenters. The van der Waals surface area contributed by atoms with Gasteiger partial charge in [0.25, 0.3) is 0 Å². The van der Waals surface area contributed by atoms with Crippen LogP contribution in [0.4, 0.5) is 19.0 Å². The van der Waals surface area contributed by atoms with Gasteiger partial charge in [-0.2, -0.15) is 18.3 Å². The number of nitrogens with zero attached hydrogens (tertiary/aromatic N) is 2. The van der Waals surface area contributed by atoms with E-state index >= 15 is 0 Å². The summed E-state index contributed by atoms with van der Waals surface area (Å²) in [6, 6.07) is 12.5. The van der Waals surface area contributed by atoms with Crippen LogP contribution in [-0.2, 0) is 6.18 Å². The molecule has 0 saturated heterocycles. The van der Waals surface area contributed by atoms with Crippen molar-refractivity contribution in [1.82, 2.24) is 9.78 Å². The first kappa shape index (κ1) is 16.7. The van der Waals surface area contributed by atoms with E-state index in [4.69, 9.17) is 28.9 Å². The average Bonchev–Trinajstić information content (AvgIpc) is 2.89. The van der Waals surface area contributed by atoms with Gasteiger partial charge in [0.2, 0.25) is 0 Å². The molecule has 8 heteroatoms. The molecule has 1 heterocycles. The number of alkyl halides is 3. The number of aromatic nitrogens is 2. The highest BCUT2D eigenvalue weighted by Gasteiger charge is 2.39. The molecule has 1 aromatic heterocycles. The lowest BCUT2D eigenvalue weighted by atomic mass is 10.1. The molecule has 0 saturated carbocycles. The molecule has 0 fully saturated rings. The first-order chi connectivity index (χ1) is 11.3. The van der Waals surface area contributed by atoms with E-state index in [2.05, 4.69) is 5.10 Å². The first-order valence-corrected chi connectivity index (χ1v) is 7.51. The number of benzene rings is 2. The third kappa shape index (κ3) is 2.95. The third-order valence-electron chi connectivity index (χ3n) is 3.40. The molecule has 3 nitrogen and oxygen atoms in total. The van der Waals surface area contributed by atoms with Gasteiger partial charge in [-0.1, -0.05) is 47.5 Å². The lowest BCUT2D eigenvalue weighted by molar-refractivity contribution is -0.140. The van der Waals surface area contributed by atoms with Crippen molar-refractivity contribution in [2.45, 2.75) is 6.18 Å². The van der Waals surface area contributed by atoms with Crippen molar-refractivity contribution in [1.29, 1.82) is 0 Å². The van der Waals surface area contributed by atoms with Gasteiger partial charge in [-0.05, 0) is 29.8 Å². The maximum Gasteiger partial charge on any atom is 0.435 e. The number of anilines is 1. The van der Waals surface area contributed by atoms with Gasteiger partial charge in [0.05, 0.1) is 21.3 Å². The van der Waals surface area contributed by atoms with Crippen LogP contribution in [0.25, 0.3) is 16.8 Å². The molecule has 0 aliphatic heterocycles. The van der Waals surface area contributed by atoms with E-state index in [0.717, 1.165) is 4.68 Å². The van der Waals surface area contributed by atoms with Crippen LogP contribution in [0.1, 0.15) is 5.69 Å². The molecule has 2 aromatic carbocycles. The van der Waals surface area contributed by atoms with Gasteiger partial charge in [0.1, 0.15) is 5.82 Å². The van der Waals surface area contributed by atoms with Crippen LogP contribution in [0.2, 0.25) is 10.0 Å². The minimum atomic E-state index is -4.67. The zero-order chi connectivity index (χ0) is 17.5. The molecular formula is C16H10Cl2F3N3. The number of hydrogen-bond donors (Lipinski definition) is 1. The second kappa shape index (κ2) is 6.03. The Kier molecular flexibility index (Phi) is 4.19. The Bertz CT molecular complexity index is 890. The summed E-state index contributed by atoms with van der Waals surface area (Å²) in [5.74, 6) is -0.132. The molecule has 0 spiro atoms. The van der Waals surface area contributed by atoms with Crippen molar-refractivity contribution in [2.24, 2.45) is 0 Å². The molecule has 0 aliphatic carbocycles. The topological polar surface area (TPSA) is 43.8 Å². The second-order valence-electron chi connectivity index (χ2n) is 4.98. The van der Waals surface area contributed by atoms with E-state index in [1.165, 1.54) is 18.2 Å². The summed E-state index contributed by atoms with van der Waals surface area (Å²) in [5.41, 5.74) is 5.28. The van der Waals surface area contributed by atoms with E-state index in [1.54, 1.807) is 30.3 Å². The van der Waals surface area contributed by atoms with Crippen LogP contribution in [0.15, 0.2) is 48.5 Å². The number of nitrogens with two attached hydrogens (primary N) is 1. The van der Waals surface area contributed by atoms with E-state index in [1.807, 2.05) is 0 Å². The zero-order valence-corrected chi connectivity index (χ0v) is 13.5. The summed E-state index contributed by atoms with van der Waals surface area (Å²) in [6.45, 7) is 0. The predicted molar refractivity (Wildman–Crippen MR) is 88.4 cm³/mol. The van der Waals surface area contributed by atoms with Crippen molar-refractivity contribution < 1.29 is 13.2 Å². The van der Waals surface area contributed by atoms with Gasteiger partial charge in [-0.25, -0.2) is 4.68 Å². The Hall–Kier alpha value is -2.18. The number of halogens is 5. The molecule has 0 radical (unpaired) electrons. The maximum absolute atomic E-state index is 13.4. The van der Waals surface area contributed by atoms with Crippen LogP contribution < -0.4 is 5.73 Å². The van der Waals surface area contributed by atoms with Gasteiger partial charge >= 0.3 is 6.18 Å². The molecule has 0 amide bonds. The summed E-state index contributed by atoms with van der Waals surface area (Å²) >= 11 is 11.8. The summed E-state index contributed by atoms with van der Waals surface area (Å²) in [6.07, 6.45) is -4.67. The average molecular weight is 372 g/mol. The van der Waals surface area contributed by atoms with Crippen LogP contribution in [0.3, 0.4) is 0 Å². The van der Waals surface area contributed by atoms with Crippen molar-refractivity contribution in [2.75, 3.05) is 5.73 Å². The van der Waals surface area contributed by atoms with Gasteiger partial charge in [0, 0.05) is 0 Å². The smallest absolute Gasteiger partial charge is 0.383 e. The molecule has 0 bridgehead atoms. The highest BCUT2D eigenvalue weighted by atomic mass is 35.5. The van der Waals surface area contributed by atoms with Crippen LogP contribution >= 0.6 is 23.2 Å². The fourth-order valence-corrected chi connectivity index (χ4v) is 2.63. The molecule has 2 N–H and O–H groups in total. The quantitative estimate of drug-likeness (QED) is 0.650. The Morgan fingerprint density at radius 1 is 0.958 bits per heavy atom. The monoisotopic (exact) mass is 371 g/mol. The largest absolute Gasteiger partial charge is 0.435 e. The van der Waals surface area contributed by atoms with Gasteiger partial charge in [0.15, 0.2) is 5.69 Å². The summed E-state index contributed by atoms with van der Waals surface area (Å²) in [4.78, 5) is 0. The van der Waals surface area contributed by atoms with Gasteiger partial charge < -0.3 is 5.73 Å². The summed E-state index contributed by atoms with van der Waals surface area (Å²) < 4.78 is 41.4. The molecule has 124 valence electrons. The predicted octanol–water partition coefficient (Wildman–Crippen LogP) is 5.45. The highest BCUT2D eigenvalue weighted by molar-refractivity contribution is 6.42. The van der Waals surface area contributed by atoms with Crippen LogP contribution in [0, 0.1) is 0 Å². The fraction of sp³-hybridized carbons (Fsp3) is 0.0625. The van der Waals surface area contributed by atoms with Crippen molar-refractivity contribution in [3.63, 3.8) is 0 Å². The van der Waals surface area contributed by atoms with Crippen LogP contribution in [-0.4, -0.2) is 9.78 Å². The Balaban J connectivity index is 2.28. The van der Waals surface area contributed by atoms with E-state index in [0.29, 0.717) is 5.69 Å². The normalized spacial score (nSPS) is 11.7. The van der Waals surface area contributed by atoms with Crippen molar-refractivity contribution in [3.05, 3.63) is 64.3 Å². The second-order valence-corrected chi connectivity index (χ2v) is 5.80. The summed E-state index contributed by atoms with van der Waals surface area (Å²) in [5, 5.41) is 4.04. The Morgan fingerprint density at radius 3 is 2.21 bits per heavy atom. The third-order valence-corrected chi connectivity index (χ3v) is 4.14. The molecule has 0 unspecified atom stereocenters. The minimum Gasteiger partial charge on any atom is -0.383 e. The van der Waals surface area contributed by atoms with E-state index in [9.17, 15) is 13.2 Å². The number of para-hydroxylation sites is 1. The lowest BCUT2D eigenvalue weighted by Gasteiger charge is -2.08. The first-order valence-electron chi connectivity index (χ1n) is 6.75. The number of hydrogen-bond acceptors (Lipinski definition) is 2. The van der Waals surface area contributed by atoms with Crippen LogP contribution in [0.5, 0.6) is 0 Å². The molecule has 3 aromatic rings. The number of nitrogen functional groups attached to an aromatic ring is 1.